The van der Waals surface area contributed by atoms with Crippen LogP contribution >= 0.6 is 15.9 Å². The van der Waals surface area contributed by atoms with E-state index in [1.54, 1.807) is 12.1 Å². The molecule has 0 heterocycles. The van der Waals surface area contributed by atoms with Crippen LogP contribution < -0.4 is 0 Å². The first-order chi connectivity index (χ1) is 14.2. The van der Waals surface area contributed by atoms with E-state index in [4.69, 9.17) is 0 Å². The van der Waals surface area contributed by atoms with Gasteiger partial charge in [0, 0.05) is 22.6 Å². The first-order valence-corrected chi connectivity index (χ1v) is 17.3. The van der Waals surface area contributed by atoms with E-state index in [2.05, 4.69) is 67.8 Å². The second kappa shape index (κ2) is 8.31. The molecule has 2 aliphatic rings. The zero-order valence-corrected chi connectivity index (χ0v) is 23.3. The van der Waals surface area contributed by atoms with Gasteiger partial charge < -0.3 is 5.11 Å². The molecule has 2 aliphatic carbocycles. The van der Waals surface area contributed by atoms with Gasteiger partial charge in [0.15, 0.2) is 9.84 Å². The molecule has 0 spiro atoms. The lowest BCUT2D eigenvalue weighted by molar-refractivity contribution is -0.252. The molecule has 0 aromatic heterocycles. The SMILES string of the molecule is Cc1ccc(S(=O)(=O)[C@H](CC#C[Si](C)(C)C)[C@@]2(O)[C@H]3C(Br)[C@]2(C)CC[C@H]3C(C)C)cc1. The van der Waals surface area contributed by atoms with Gasteiger partial charge in [-0.1, -0.05) is 74.0 Å². The van der Waals surface area contributed by atoms with Crippen molar-refractivity contribution in [2.24, 2.45) is 23.2 Å². The molecule has 0 aliphatic heterocycles. The lowest BCUT2D eigenvalue weighted by Crippen LogP contribution is -2.80. The Morgan fingerprint density at radius 1 is 1.23 bits per heavy atom. The molecule has 172 valence electrons. The molecule has 6 heteroatoms. The minimum atomic E-state index is -3.76. The van der Waals surface area contributed by atoms with Gasteiger partial charge in [0.1, 0.15) is 13.3 Å². The summed E-state index contributed by atoms with van der Waals surface area (Å²) >= 11 is 3.86. The largest absolute Gasteiger partial charge is 0.388 e. The fraction of sp³-hybridized carbons (Fsp3) is 0.680. The van der Waals surface area contributed by atoms with Crippen LogP contribution in [0, 0.1) is 41.6 Å². The molecular formula is C25H37BrO3SSi. The highest BCUT2D eigenvalue weighted by Crippen LogP contribution is 2.70. The van der Waals surface area contributed by atoms with Gasteiger partial charge in [-0.05, 0) is 43.7 Å². The summed E-state index contributed by atoms with van der Waals surface area (Å²) in [5, 5.41) is 11.4. The zero-order valence-electron chi connectivity index (χ0n) is 19.9. The highest BCUT2D eigenvalue weighted by atomic mass is 79.9. The standard InChI is InChI=1S/C25H37BrO3SSi/c1-17(2)20-14-15-24(4)23(26)22(20)25(24,27)21(9-8-16-31(5,6)7)30(28,29)19-12-10-18(3)11-13-19/h10-13,17,20-23,27H,9,14-15H2,1-7H3/t20-,21+,22+,23?,24-,25+/m0/s1. The number of fused-ring (bicyclic) bond motifs is 2. The topological polar surface area (TPSA) is 54.4 Å². The van der Waals surface area contributed by atoms with E-state index in [0.29, 0.717) is 5.92 Å². The quantitative estimate of drug-likeness (QED) is 0.309. The summed E-state index contributed by atoms with van der Waals surface area (Å²) < 4.78 is 27.9. The maximum absolute atomic E-state index is 14.0. The molecule has 31 heavy (non-hydrogen) atoms. The number of sulfone groups is 1. The molecule has 0 radical (unpaired) electrons. The van der Waals surface area contributed by atoms with Gasteiger partial charge in [-0.15, -0.1) is 11.5 Å². The van der Waals surface area contributed by atoms with Gasteiger partial charge in [0.05, 0.1) is 10.5 Å². The number of benzene rings is 1. The highest BCUT2D eigenvalue weighted by Gasteiger charge is 2.76. The molecule has 0 saturated heterocycles. The Bertz CT molecular complexity index is 986. The smallest absolute Gasteiger partial charge is 0.185 e. The molecule has 2 bridgehead atoms. The van der Waals surface area contributed by atoms with Gasteiger partial charge in [-0.3, -0.25) is 0 Å². The summed E-state index contributed by atoms with van der Waals surface area (Å²) in [6.45, 7) is 14.8. The van der Waals surface area contributed by atoms with Crippen molar-refractivity contribution in [2.75, 3.05) is 0 Å². The number of rotatable bonds is 5. The Balaban J connectivity index is 2.14. The van der Waals surface area contributed by atoms with Crippen LogP contribution in [0.2, 0.25) is 19.6 Å². The average molecular weight is 526 g/mol. The first-order valence-electron chi connectivity index (χ1n) is 11.3. The van der Waals surface area contributed by atoms with Crippen molar-refractivity contribution in [1.82, 2.24) is 0 Å². The number of aliphatic hydroxyl groups is 1. The van der Waals surface area contributed by atoms with Crippen molar-refractivity contribution in [3.05, 3.63) is 29.8 Å². The fourth-order valence-electron chi connectivity index (χ4n) is 5.79. The van der Waals surface area contributed by atoms with Gasteiger partial charge >= 0.3 is 0 Å². The van der Waals surface area contributed by atoms with Crippen molar-refractivity contribution < 1.29 is 13.5 Å². The van der Waals surface area contributed by atoms with Crippen LogP contribution in [-0.4, -0.2) is 37.3 Å². The van der Waals surface area contributed by atoms with E-state index in [1.165, 1.54) is 0 Å². The van der Waals surface area contributed by atoms with E-state index in [0.717, 1.165) is 18.4 Å². The van der Waals surface area contributed by atoms with Gasteiger partial charge in [-0.25, -0.2) is 8.42 Å². The van der Waals surface area contributed by atoms with E-state index in [1.807, 2.05) is 19.1 Å². The Morgan fingerprint density at radius 2 is 1.81 bits per heavy atom. The van der Waals surface area contributed by atoms with Gasteiger partial charge in [0.2, 0.25) is 0 Å². The van der Waals surface area contributed by atoms with Crippen LogP contribution in [0.5, 0.6) is 0 Å². The lowest BCUT2D eigenvalue weighted by atomic mass is 9.40. The highest BCUT2D eigenvalue weighted by molar-refractivity contribution is 9.09. The predicted molar refractivity (Wildman–Crippen MR) is 135 cm³/mol. The number of hydrogen-bond donors (Lipinski definition) is 1. The molecule has 1 unspecified atom stereocenters. The summed E-state index contributed by atoms with van der Waals surface area (Å²) in [5.41, 5.74) is 2.57. The molecule has 1 aromatic carbocycles. The van der Waals surface area contributed by atoms with Crippen LogP contribution in [-0.2, 0) is 9.84 Å². The van der Waals surface area contributed by atoms with Gasteiger partial charge in [-0.2, -0.15) is 0 Å². The summed E-state index contributed by atoms with van der Waals surface area (Å²) in [4.78, 5) is 0.402. The predicted octanol–water partition coefficient (Wildman–Crippen LogP) is 5.60. The van der Waals surface area contributed by atoms with Crippen LogP contribution in [0.1, 0.15) is 45.6 Å². The Hall–Kier alpha value is -0.613. The molecule has 2 saturated carbocycles. The second-order valence-corrected chi connectivity index (χ2v) is 19.1. The van der Waals surface area contributed by atoms with Crippen LogP contribution in [0.3, 0.4) is 0 Å². The maximum atomic E-state index is 14.0. The number of halogens is 1. The Morgan fingerprint density at radius 3 is 2.29 bits per heavy atom. The van der Waals surface area contributed by atoms with Crippen molar-refractivity contribution in [3.8, 4) is 11.5 Å². The molecular weight excluding hydrogens is 488 g/mol. The van der Waals surface area contributed by atoms with Crippen molar-refractivity contribution in [2.45, 2.75) is 87.2 Å². The Kier molecular flexibility index (Phi) is 6.71. The van der Waals surface area contributed by atoms with Crippen LogP contribution in [0.15, 0.2) is 29.2 Å². The maximum Gasteiger partial charge on any atom is 0.185 e. The van der Waals surface area contributed by atoms with Crippen molar-refractivity contribution in [3.63, 3.8) is 0 Å². The Labute approximate surface area is 198 Å². The summed E-state index contributed by atoms with van der Waals surface area (Å²) in [7, 11) is -5.42. The normalized spacial score (nSPS) is 33.9. The van der Waals surface area contributed by atoms with E-state index < -0.39 is 34.2 Å². The van der Waals surface area contributed by atoms with Crippen molar-refractivity contribution >= 4 is 33.8 Å². The second-order valence-electron chi connectivity index (χ2n) is 11.2. The van der Waals surface area contributed by atoms with Gasteiger partial charge in [0.25, 0.3) is 0 Å². The molecule has 6 atom stereocenters. The number of hydrogen-bond acceptors (Lipinski definition) is 3. The number of aryl methyl sites for hydroxylation is 1. The number of alkyl halides is 1. The minimum Gasteiger partial charge on any atom is -0.388 e. The molecule has 1 N–H and O–H groups in total. The molecule has 3 nitrogen and oxygen atoms in total. The third kappa shape index (κ3) is 4.09. The molecule has 1 aromatic rings. The first kappa shape index (κ1) is 25.0. The van der Waals surface area contributed by atoms with E-state index in [-0.39, 0.29) is 28.0 Å². The summed E-state index contributed by atoms with van der Waals surface area (Å²) in [6, 6.07) is 7.01. The van der Waals surface area contributed by atoms with E-state index in [9.17, 15) is 13.5 Å². The van der Waals surface area contributed by atoms with Crippen molar-refractivity contribution in [1.29, 1.82) is 0 Å². The van der Waals surface area contributed by atoms with E-state index >= 15 is 0 Å². The average Bonchev–Trinajstić information content (AvgIpc) is 2.66. The third-order valence-corrected chi connectivity index (χ3v) is 12.3. The molecule has 2 fully saturated rings. The third-order valence-electron chi connectivity index (χ3n) is 7.63. The summed E-state index contributed by atoms with van der Waals surface area (Å²) in [5.74, 6) is 3.79. The van der Waals surface area contributed by atoms with Crippen LogP contribution in [0.4, 0.5) is 0 Å². The van der Waals surface area contributed by atoms with Crippen LogP contribution in [0.25, 0.3) is 0 Å². The molecule has 3 rings (SSSR count). The molecule has 0 amide bonds. The lowest BCUT2D eigenvalue weighted by Gasteiger charge is -2.72. The minimum absolute atomic E-state index is 0.0924. The zero-order chi connectivity index (χ0) is 23.4. The monoisotopic (exact) mass is 524 g/mol. The summed E-state index contributed by atoms with van der Waals surface area (Å²) in [6.07, 6.45) is 2.02. The fourth-order valence-corrected chi connectivity index (χ4v) is 9.85.